The standard InChI is InChI=1S/C11H13BrN2O2/c1-4-5-14-7(3)8-6(2)9(12)11(15)16-10(8)13-14/h4-5H2,1-3H3. The van der Waals surface area contributed by atoms with Crippen molar-refractivity contribution in [3.8, 4) is 0 Å². The number of aromatic nitrogens is 2. The maximum absolute atomic E-state index is 11.5. The molecule has 2 rings (SSSR count). The fourth-order valence-corrected chi connectivity index (χ4v) is 2.13. The van der Waals surface area contributed by atoms with Crippen molar-refractivity contribution in [2.75, 3.05) is 0 Å². The smallest absolute Gasteiger partial charge is 0.352 e. The van der Waals surface area contributed by atoms with Gasteiger partial charge in [-0.2, -0.15) is 0 Å². The predicted octanol–water partition coefficient (Wildman–Crippen LogP) is 2.78. The van der Waals surface area contributed by atoms with E-state index in [1.54, 1.807) is 0 Å². The summed E-state index contributed by atoms with van der Waals surface area (Å²) in [7, 11) is 0. The minimum absolute atomic E-state index is 0.369. The fraction of sp³-hybridized carbons (Fsp3) is 0.455. The van der Waals surface area contributed by atoms with Crippen molar-refractivity contribution in [1.82, 2.24) is 9.78 Å². The summed E-state index contributed by atoms with van der Waals surface area (Å²) in [6.07, 6.45) is 0.999. The average Bonchev–Trinajstić information content (AvgIpc) is 2.53. The van der Waals surface area contributed by atoms with Crippen LogP contribution in [0.15, 0.2) is 13.7 Å². The summed E-state index contributed by atoms with van der Waals surface area (Å²) < 4.78 is 7.51. The van der Waals surface area contributed by atoms with Crippen molar-refractivity contribution in [1.29, 1.82) is 0 Å². The zero-order chi connectivity index (χ0) is 11.9. The zero-order valence-corrected chi connectivity index (χ0v) is 11.1. The van der Waals surface area contributed by atoms with E-state index in [4.69, 9.17) is 4.42 Å². The number of hydrogen-bond acceptors (Lipinski definition) is 3. The highest BCUT2D eigenvalue weighted by Crippen LogP contribution is 2.25. The van der Waals surface area contributed by atoms with Gasteiger partial charge in [0.1, 0.15) is 4.47 Å². The lowest BCUT2D eigenvalue weighted by Crippen LogP contribution is -2.01. The molecule has 0 aliphatic heterocycles. The van der Waals surface area contributed by atoms with Crippen LogP contribution in [-0.2, 0) is 6.54 Å². The van der Waals surface area contributed by atoms with Gasteiger partial charge >= 0.3 is 5.63 Å². The normalized spacial score (nSPS) is 11.2. The first-order valence-corrected chi connectivity index (χ1v) is 6.01. The largest absolute Gasteiger partial charge is 0.401 e. The minimum atomic E-state index is -0.369. The molecule has 4 nitrogen and oxygen atoms in total. The summed E-state index contributed by atoms with van der Waals surface area (Å²) >= 11 is 3.24. The Morgan fingerprint density at radius 2 is 2.12 bits per heavy atom. The Morgan fingerprint density at radius 3 is 2.75 bits per heavy atom. The van der Waals surface area contributed by atoms with Gasteiger partial charge < -0.3 is 4.42 Å². The SMILES string of the molecule is CCCn1nc2oc(=O)c(Br)c(C)c2c1C. The van der Waals surface area contributed by atoms with Crippen molar-refractivity contribution in [2.24, 2.45) is 0 Å². The van der Waals surface area contributed by atoms with Crippen molar-refractivity contribution in [3.05, 3.63) is 26.2 Å². The molecule has 0 radical (unpaired) electrons. The Hall–Kier alpha value is -1.10. The lowest BCUT2D eigenvalue weighted by molar-refractivity contribution is 0.521. The van der Waals surface area contributed by atoms with E-state index >= 15 is 0 Å². The van der Waals surface area contributed by atoms with E-state index in [2.05, 4.69) is 28.0 Å². The van der Waals surface area contributed by atoms with Crippen LogP contribution in [0.5, 0.6) is 0 Å². The highest BCUT2D eigenvalue weighted by Gasteiger charge is 2.15. The van der Waals surface area contributed by atoms with Gasteiger partial charge in [0.15, 0.2) is 0 Å². The fourth-order valence-electron chi connectivity index (χ4n) is 1.85. The summed E-state index contributed by atoms with van der Waals surface area (Å²) in [6, 6.07) is 0. The van der Waals surface area contributed by atoms with Crippen molar-refractivity contribution >= 4 is 27.0 Å². The van der Waals surface area contributed by atoms with Crippen LogP contribution < -0.4 is 5.63 Å². The third-order valence-electron chi connectivity index (χ3n) is 2.68. The molecule has 0 bridgehead atoms. The summed E-state index contributed by atoms with van der Waals surface area (Å²) in [6.45, 7) is 6.81. The highest BCUT2D eigenvalue weighted by molar-refractivity contribution is 9.10. The van der Waals surface area contributed by atoms with Gasteiger partial charge in [-0.3, -0.25) is 4.68 Å². The lowest BCUT2D eigenvalue weighted by atomic mass is 10.2. The van der Waals surface area contributed by atoms with E-state index < -0.39 is 0 Å². The van der Waals surface area contributed by atoms with Crippen molar-refractivity contribution in [2.45, 2.75) is 33.7 Å². The Labute approximate surface area is 101 Å². The van der Waals surface area contributed by atoms with Crippen LogP contribution in [0.1, 0.15) is 24.6 Å². The molecule has 5 heteroatoms. The molecule has 0 N–H and O–H groups in total. The molecule has 2 aromatic rings. The first kappa shape index (κ1) is 11.4. The minimum Gasteiger partial charge on any atom is -0.401 e. The van der Waals surface area contributed by atoms with E-state index in [1.165, 1.54) is 0 Å². The van der Waals surface area contributed by atoms with Crippen LogP contribution in [0.3, 0.4) is 0 Å². The molecule has 0 fully saturated rings. The van der Waals surface area contributed by atoms with Gasteiger partial charge in [0.25, 0.3) is 0 Å². The van der Waals surface area contributed by atoms with Gasteiger partial charge in [0, 0.05) is 12.2 Å². The molecule has 86 valence electrons. The number of hydrogen-bond donors (Lipinski definition) is 0. The third-order valence-corrected chi connectivity index (χ3v) is 3.60. The summed E-state index contributed by atoms with van der Waals surface area (Å²) in [5.74, 6) is 0. The second-order valence-electron chi connectivity index (χ2n) is 3.82. The molecular formula is C11H13BrN2O2. The molecule has 0 aliphatic carbocycles. The maximum Gasteiger partial charge on any atom is 0.352 e. The van der Waals surface area contributed by atoms with Gasteiger partial charge in [-0.15, -0.1) is 5.10 Å². The van der Waals surface area contributed by atoms with Crippen LogP contribution in [0.2, 0.25) is 0 Å². The Kier molecular flexibility index (Phi) is 2.88. The molecule has 0 amide bonds. The van der Waals surface area contributed by atoms with E-state index in [-0.39, 0.29) is 5.63 Å². The first-order valence-electron chi connectivity index (χ1n) is 5.22. The first-order chi connectivity index (χ1) is 7.56. The van der Waals surface area contributed by atoms with E-state index in [9.17, 15) is 4.79 Å². The van der Waals surface area contributed by atoms with Gasteiger partial charge in [0.2, 0.25) is 5.71 Å². The van der Waals surface area contributed by atoms with Crippen LogP contribution in [-0.4, -0.2) is 9.78 Å². The molecule has 0 aliphatic rings. The molecule has 0 aromatic carbocycles. The third kappa shape index (κ3) is 1.59. The maximum atomic E-state index is 11.5. The summed E-state index contributed by atoms with van der Waals surface area (Å²) in [5, 5.41) is 5.22. The molecule has 0 saturated heterocycles. The highest BCUT2D eigenvalue weighted by atomic mass is 79.9. The molecule has 0 atom stereocenters. The molecule has 16 heavy (non-hydrogen) atoms. The molecule has 2 aromatic heterocycles. The van der Waals surface area contributed by atoms with Crippen LogP contribution in [0.4, 0.5) is 0 Å². The van der Waals surface area contributed by atoms with Gasteiger partial charge in [-0.1, -0.05) is 6.92 Å². The Bertz CT molecular complexity index is 598. The molecule has 2 heterocycles. The lowest BCUT2D eigenvalue weighted by Gasteiger charge is -2.00. The number of fused-ring (bicyclic) bond motifs is 1. The second-order valence-corrected chi connectivity index (χ2v) is 4.61. The number of rotatable bonds is 2. The van der Waals surface area contributed by atoms with E-state index in [0.717, 1.165) is 29.6 Å². The van der Waals surface area contributed by atoms with Crippen molar-refractivity contribution in [3.63, 3.8) is 0 Å². The number of halogens is 1. The summed E-state index contributed by atoms with van der Waals surface area (Å²) in [4.78, 5) is 11.5. The van der Waals surface area contributed by atoms with E-state index in [0.29, 0.717) is 10.2 Å². The second kappa shape index (κ2) is 4.05. The van der Waals surface area contributed by atoms with Gasteiger partial charge in [-0.05, 0) is 41.8 Å². The number of aryl methyl sites for hydroxylation is 3. The molecule has 0 spiro atoms. The van der Waals surface area contributed by atoms with Crippen LogP contribution in [0.25, 0.3) is 11.1 Å². The molecular weight excluding hydrogens is 272 g/mol. The van der Waals surface area contributed by atoms with Gasteiger partial charge in [0.05, 0.1) is 5.39 Å². The quantitative estimate of drug-likeness (QED) is 0.852. The van der Waals surface area contributed by atoms with Crippen LogP contribution in [0, 0.1) is 13.8 Å². The average molecular weight is 285 g/mol. The summed E-state index contributed by atoms with van der Waals surface area (Å²) in [5.41, 5.74) is 1.99. The predicted molar refractivity (Wildman–Crippen MR) is 65.7 cm³/mol. The Morgan fingerprint density at radius 1 is 1.44 bits per heavy atom. The Balaban J connectivity index is 2.82. The van der Waals surface area contributed by atoms with E-state index in [1.807, 2.05) is 18.5 Å². The van der Waals surface area contributed by atoms with Crippen LogP contribution >= 0.6 is 15.9 Å². The monoisotopic (exact) mass is 284 g/mol. The molecule has 0 unspecified atom stereocenters. The number of nitrogens with zero attached hydrogens (tertiary/aromatic N) is 2. The topological polar surface area (TPSA) is 48.0 Å². The molecule has 0 saturated carbocycles. The van der Waals surface area contributed by atoms with Gasteiger partial charge in [-0.25, -0.2) is 4.79 Å². The zero-order valence-electron chi connectivity index (χ0n) is 9.50. The van der Waals surface area contributed by atoms with Crippen molar-refractivity contribution < 1.29 is 4.42 Å².